The first-order chi connectivity index (χ1) is 16.5. The van der Waals surface area contributed by atoms with Crippen molar-refractivity contribution in [3.05, 3.63) is 66.4 Å². The molecule has 2 aromatic heterocycles. The second-order valence-corrected chi connectivity index (χ2v) is 9.26. The summed E-state index contributed by atoms with van der Waals surface area (Å²) in [6.07, 6.45) is 2.04. The molecule has 1 fully saturated rings. The molecule has 0 atom stereocenters. The van der Waals surface area contributed by atoms with Crippen molar-refractivity contribution in [3.8, 4) is 34.3 Å². The van der Waals surface area contributed by atoms with Crippen molar-refractivity contribution in [1.82, 2.24) is 14.5 Å². The van der Waals surface area contributed by atoms with Crippen LogP contribution < -0.4 is 14.2 Å². The van der Waals surface area contributed by atoms with E-state index in [0.29, 0.717) is 38.7 Å². The van der Waals surface area contributed by atoms with Crippen LogP contribution in [0.15, 0.2) is 60.8 Å². The first-order valence-electron chi connectivity index (χ1n) is 11.5. The van der Waals surface area contributed by atoms with Gasteiger partial charge in [-0.3, -0.25) is 4.90 Å². The maximum absolute atomic E-state index is 10.0. The number of ether oxygens (including phenoxy) is 3. The van der Waals surface area contributed by atoms with Gasteiger partial charge < -0.3 is 23.9 Å². The molecule has 4 aromatic rings. The first-order valence-corrected chi connectivity index (χ1v) is 11.5. The third-order valence-electron chi connectivity index (χ3n) is 6.47. The maximum atomic E-state index is 10.0. The molecule has 4 heterocycles. The molecule has 2 aliphatic heterocycles. The summed E-state index contributed by atoms with van der Waals surface area (Å²) in [4.78, 5) is 6.99. The van der Waals surface area contributed by atoms with Crippen molar-refractivity contribution in [3.63, 3.8) is 0 Å². The van der Waals surface area contributed by atoms with Crippen molar-refractivity contribution in [2.45, 2.75) is 19.1 Å². The van der Waals surface area contributed by atoms with E-state index in [9.17, 15) is 5.11 Å². The third kappa shape index (κ3) is 3.67. The molecular weight excluding hydrogens is 430 g/mol. The number of aliphatic hydroxyl groups is 1. The van der Waals surface area contributed by atoms with Crippen LogP contribution in [0.3, 0.4) is 0 Å². The van der Waals surface area contributed by atoms with Gasteiger partial charge in [-0.25, -0.2) is 0 Å². The molecule has 2 aliphatic rings. The summed E-state index contributed by atoms with van der Waals surface area (Å²) >= 11 is 0. The van der Waals surface area contributed by atoms with E-state index in [1.807, 2.05) is 31.3 Å². The third-order valence-corrected chi connectivity index (χ3v) is 6.47. The lowest BCUT2D eigenvalue weighted by atomic mass is 9.96. The van der Waals surface area contributed by atoms with Crippen molar-refractivity contribution in [2.75, 3.05) is 33.4 Å². The largest absolute Gasteiger partial charge is 0.486 e. The zero-order valence-corrected chi connectivity index (χ0v) is 19.3. The van der Waals surface area contributed by atoms with Gasteiger partial charge in [0, 0.05) is 36.8 Å². The topological polar surface area (TPSA) is 69.0 Å². The van der Waals surface area contributed by atoms with Crippen LogP contribution in [0.4, 0.5) is 0 Å². The molecule has 7 heteroatoms. The Kier molecular flexibility index (Phi) is 4.97. The summed E-state index contributed by atoms with van der Waals surface area (Å²) < 4.78 is 19.2. The highest BCUT2D eigenvalue weighted by atomic mass is 16.6. The molecule has 0 unspecified atom stereocenters. The SMILES string of the molecule is COc1nc(-n2ccc3c(-c4ccc5c(c4)OCCO5)cccc32)ccc1CN1CC(C)(O)C1. The zero-order valence-electron chi connectivity index (χ0n) is 19.3. The molecule has 0 amide bonds. The van der Waals surface area contributed by atoms with Crippen LogP contribution in [0.25, 0.3) is 27.8 Å². The molecule has 2 aromatic carbocycles. The zero-order chi connectivity index (χ0) is 23.3. The lowest BCUT2D eigenvalue weighted by Crippen LogP contribution is -2.59. The quantitative estimate of drug-likeness (QED) is 0.488. The number of aromatic nitrogens is 2. The highest BCUT2D eigenvalue weighted by molar-refractivity contribution is 5.96. The van der Waals surface area contributed by atoms with Gasteiger partial charge in [-0.05, 0) is 54.4 Å². The minimum absolute atomic E-state index is 0.567. The Labute approximate surface area is 198 Å². The van der Waals surface area contributed by atoms with E-state index in [0.717, 1.165) is 44.9 Å². The molecule has 6 rings (SSSR count). The number of benzene rings is 2. The summed E-state index contributed by atoms with van der Waals surface area (Å²) in [7, 11) is 1.65. The smallest absolute Gasteiger partial charge is 0.219 e. The van der Waals surface area contributed by atoms with Gasteiger partial charge in [-0.1, -0.05) is 18.2 Å². The summed E-state index contributed by atoms with van der Waals surface area (Å²) in [6.45, 7) is 5.02. The number of hydrogen-bond acceptors (Lipinski definition) is 6. The molecule has 0 saturated carbocycles. The monoisotopic (exact) mass is 457 g/mol. The molecular formula is C27H27N3O4. The number of rotatable bonds is 5. The van der Waals surface area contributed by atoms with E-state index < -0.39 is 5.60 Å². The minimum atomic E-state index is -0.598. The first kappa shape index (κ1) is 21.0. The van der Waals surface area contributed by atoms with E-state index in [2.05, 4.69) is 45.9 Å². The Morgan fingerprint density at radius 2 is 1.85 bits per heavy atom. The molecule has 174 valence electrons. The highest BCUT2D eigenvalue weighted by Gasteiger charge is 2.36. The number of nitrogens with zero attached hydrogens (tertiary/aromatic N) is 3. The van der Waals surface area contributed by atoms with Crippen LogP contribution in [0, 0.1) is 0 Å². The van der Waals surface area contributed by atoms with E-state index in [1.54, 1.807) is 7.11 Å². The van der Waals surface area contributed by atoms with Crippen LogP contribution in [-0.4, -0.2) is 58.6 Å². The van der Waals surface area contributed by atoms with Gasteiger partial charge in [-0.15, -0.1) is 0 Å². The van der Waals surface area contributed by atoms with Crippen LogP contribution >= 0.6 is 0 Å². The van der Waals surface area contributed by atoms with Crippen LogP contribution in [0.1, 0.15) is 12.5 Å². The predicted molar refractivity (Wildman–Crippen MR) is 130 cm³/mol. The lowest BCUT2D eigenvalue weighted by molar-refractivity contribution is -0.0873. The Balaban J connectivity index is 1.34. The molecule has 0 aliphatic carbocycles. The van der Waals surface area contributed by atoms with Gasteiger partial charge in [0.05, 0.1) is 18.2 Å². The van der Waals surface area contributed by atoms with Gasteiger partial charge in [0.25, 0.3) is 0 Å². The molecule has 7 nitrogen and oxygen atoms in total. The number of hydrogen-bond donors (Lipinski definition) is 1. The van der Waals surface area contributed by atoms with Crippen LogP contribution in [0.5, 0.6) is 17.4 Å². The van der Waals surface area contributed by atoms with E-state index in [4.69, 9.17) is 19.2 Å². The molecule has 1 saturated heterocycles. The fourth-order valence-corrected chi connectivity index (χ4v) is 4.99. The van der Waals surface area contributed by atoms with Gasteiger partial charge in [0.15, 0.2) is 11.5 Å². The molecule has 34 heavy (non-hydrogen) atoms. The average molecular weight is 458 g/mol. The maximum Gasteiger partial charge on any atom is 0.219 e. The summed E-state index contributed by atoms with van der Waals surface area (Å²) in [5.74, 6) is 2.98. The average Bonchev–Trinajstić information content (AvgIpc) is 3.27. The number of methoxy groups -OCH3 is 1. The fourth-order valence-electron chi connectivity index (χ4n) is 4.99. The molecule has 0 spiro atoms. The second-order valence-electron chi connectivity index (χ2n) is 9.26. The Morgan fingerprint density at radius 3 is 2.65 bits per heavy atom. The molecule has 0 radical (unpaired) electrons. The van der Waals surface area contributed by atoms with Crippen molar-refractivity contribution < 1.29 is 19.3 Å². The standard InChI is InChI=1S/C27H27N3O4/c1-27(31)16-29(17-27)15-19-7-9-25(28-26(19)32-2)30-11-10-21-20(4-3-5-22(21)30)18-6-8-23-24(14-18)34-13-12-33-23/h3-11,14,31H,12-13,15-17H2,1-2H3. The summed E-state index contributed by atoms with van der Waals surface area (Å²) in [6, 6.07) is 18.6. The number of pyridine rings is 1. The highest BCUT2D eigenvalue weighted by Crippen LogP contribution is 2.37. The van der Waals surface area contributed by atoms with Crippen molar-refractivity contribution in [1.29, 1.82) is 0 Å². The van der Waals surface area contributed by atoms with Gasteiger partial charge >= 0.3 is 0 Å². The molecule has 1 N–H and O–H groups in total. The lowest BCUT2D eigenvalue weighted by Gasteiger charge is -2.44. The van der Waals surface area contributed by atoms with E-state index in [1.165, 1.54) is 0 Å². The summed E-state index contributed by atoms with van der Waals surface area (Å²) in [5, 5.41) is 11.1. The van der Waals surface area contributed by atoms with Gasteiger partial charge in [0.1, 0.15) is 19.0 Å². The van der Waals surface area contributed by atoms with Gasteiger partial charge in [-0.2, -0.15) is 4.98 Å². The summed E-state index contributed by atoms with van der Waals surface area (Å²) in [5.41, 5.74) is 3.68. The normalized spacial score (nSPS) is 16.9. The number of likely N-dealkylation sites (tertiary alicyclic amines) is 1. The van der Waals surface area contributed by atoms with E-state index >= 15 is 0 Å². The second kappa shape index (κ2) is 8.04. The van der Waals surface area contributed by atoms with E-state index in [-0.39, 0.29) is 0 Å². The Hall–Kier alpha value is -3.55. The molecule has 0 bridgehead atoms. The van der Waals surface area contributed by atoms with Crippen LogP contribution in [-0.2, 0) is 6.54 Å². The Morgan fingerprint density at radius 1 is 1.03 bits per heavy atom. The predicted octanol–water partition coefficient (Wildman–Crippen LogP) is 4.04. The van der Waals surface area contributed by atoms with Crippen molar-refractivity contribution in [2.24, 2.45) is 0 Å². The van der Waals surface area contributed by atoms with Crippen LogP contribution in [0.2, 0.25) is 0 Å². The fraction of sp³-hybridized carbons (Fsp3) is 0.296. The number of β-amino-alcohol motifs (C(OH)–C–C–N with tert-alkyl or cyclic N) is 1. The minimum Gasteiger partial charge on any atom is -0.486 e. The van der Waals surface area contributed by atoms with Crippen molar-refractivity contribution >= 4 is 10.9 Å². The Bertz CT molecular complexity index is 1370. The number of fused-ring (bicyclic) bond motifs is 2. The van der Waals surface area contributed by atoms with Gasteiger partial charge in [0.2, 0.25) is 5.88 Å².